The van der Waals surface area contributed by atoms with E-state index in [-0.39, 0.29) is 11.2 Å². The number of rotatable bonds is 4. The Morgan fingerprint density at radius 1 is 1.35 bits per heavy atom. The molecule has 5 heteroatoms. The molecule has 0 unspecified atom stereocenters. The van der Waals surface area contributed by atoms with Crippen LogP contribution in [0.15, 0.2) is 10.9 Å². The van der Waals surface area contributed by atoms with E-state index >= 15 is 0 Å². The van der Waals surface area contributed by atoms with Crippen molar-refractivity contribution >= 4 is 0 Å². The number of aromatic hydroxyl groups is 1. The van der Waals surface area contributed by atoms with Crippen LogP contribution in [0.3, 0.4) is 0 Å². The van der Waals surface area contributed by atoms with Crippen molar-refractivity contribution in [1.29, 1.82) is 0 Å². The molecular weight excluding hydrogens is 256 g/mol. The van der Waals surface area contributed by atoms with Gasteiger partial charge in [-0.3, -0.25) is 9.69 Å². The summed E-state index contributed by atoms with van der Waals surface area (Å²) in [7, 11) is 0. The van der Waals surface area contributed by atoms with E-state index in [0.717, 1.165) is 31.0 Å². The molecule has 1 aliphatic heterocycles. The van der Waals surface area contributed by atoms with Crippen LogP contribution in [0.25, 0.3) is 0 Å². The second-order valence-corrected chi connectivity index (χ2v) is 5.84. The molecule has 0 amide bonds. The van der Waals surface area contributed by atoms with Gasteiger partial charge in [-0.1, -0.05) is 13.8 Å². The van der Waals surface area contributed by atoms with Crippen LogP contribution >= 0.6 is 0 Å². The van der Waals surface area contributed by atoms with E-state index in [4.69, 9.17) is 4.74 Å². The molecule has 20 heavy (non-hydrogen) atoms. The number of ether oxygens (including phenoxy) is 1. The van der Waals surface area contributed by atoms with Crippen molar-refractivity contribution in [3.05, 3.63) is 27.7 Å². The second kappa shape index (κ2) is 6.41. The Labute approximate surface area is 119 Å². The monoisotopic (exact) mass is 280 g/mol. The van der Waals surface area contributed by atoms with Gasteiger partial charge in [0.15, 0.2) is 5.75 Å². The molecule has 112 valence electrons. The van der Waals surface area contributed by atoms with E-state index in [0.29, 0.717) is 25.7 Å². The first-order valence-corrected chi connectivity index (χ1v) is 7.21. The summed E-state index contributed by atoms with van der Waals surface area (Å²) in [4.78, 5) is 14.1. The van der Waals surface area contributed by atoms with Crippen LogP contribution in [0.4, 0.5) is 0 Å². The summed E-state index contributed by atoms with van der Waals surface area (Å²) in [6.45, 7) is 10.7. The lowest BCUT2D eigenvalue weighted by molar-refractivity contribution is 0.0326. The smallest absolute Gasteiger partial charge is 0.223 e. The van der Waals surface area contributed by atoms with Gasteiger partial charge in [0, 0.05) is 37.9 Å². The fourth-order valence-electron chi connectivity index (χ4n) is 2.57. The van der Waals surface area contributed by atoms with E-state index in [1.165, 1.54) is 6.07 Å². The average molecular weight is 280 g/mol. The Kier molecular flexibility index (Phi) is 4.83. The minimum atomic E-state index is -0.286. The molecule has 1 N–H and O–H groups in total. The molecule has 1 saturated heterocycles. The van der Waals surface area contributed by atoms with E-state index in [2.05, 4.69) is 23.3 Å². The third kappa shape index (κ3) is 3.41. The fourth-order valence-corrected chi connectivity index (χ4v) is 2.57. The van der Waals surface area contributed by atoms with Crippen molar-refractivity contribution in [2.24, 2.45) is 5.92 Å². The first-order chi connectivity index (χ1) is 9.49. The molecule has 0 aliphatic carbocycles. The van der Waals surface area contributed by atoms with Gasteiger partial charge in [-0.25, -0.2) is 0 Å². The maximum absolute atomic E-state index is 11.8. The van der Waals surface area contributed by atoms with Crippen LogP contribution in [0.2, 0.25) is 0 Å². The minimum absolute atomic E-state index is 0.109. The predicted octanol–water partition coefficient (Wildman–Crippen LogP) is 1.35. The zero-order valence-electron chi connectivity index (χ0n) is 12.6. The Morgan fingerprint density at radius 2 is 2.00 bits per heavy atom. The van der Waals surface area contributed by atoms with Gasteiger partial charge >= 0.3 is 0 Å². The third-order valence-electron chi connectivity index (χ3n) is 3.62. The van der Waals surface area contributed by atoms with Gasteiger partial charge in [-0.15, -0.1) is 0 Å². The van der Waals surface area contributed by atoms with Crippen LogP contribution in [0.1, 0.15) is 25.2 Å². The molecular formula is C15H24N2O3. The number of aryl methyl sites for hydroxylation is 1. The molecule has 1 aromatic heterocycles. The Morgan fingerprint density at radius 3 is 2.60 bits per heavy atom. The molecule has 0 radical (unpaired) electrons. The number of morpholine rings is 1. The van der Waals surface area contributed by atoms with Gasteiger partial charge in [0.1, 0.15) is 0 Å². The highest BCUT2D eigenvalue weighted by Gasteiger charge is 2.18. The summed E-state index contributed by atoms with van der Waals surface area (Å²) in [5, 5.41) is 10.2. The first-order valence-electron chi connectivity index (χ1n) is 7.21. The third-order valence-corrected chi connectivity index (χ3v) is 3.62. The summed E-state index contributed by atoms with van der Waals surface area (Å²) >= 11 is 0. The van der Waals surface area contributed by atoms with Crippen LogP contribution in [0.5, 0.6) is 5.75 Å². The lowest BCUT2D eigenvalue weighted by atomic mass is 10.1. The van der Waals surface area contributed by atoms with Gasteiger partial charge in [0.25, 0.3) is 0 Å². The minimum Gasteiger partial charge on any atom is -0.503 e. The van der Waals surface area contributed by atoms with Crippen LogP contribution in [-0.2, 0) is 17.8 Å². The van der Waals surface area contributed by atoms with E-state index in [1.807, 2.05) is 6.92 Å². The van der Waals surface area contributed by atoms with Crippen molar-refractivity contribution in [1.82, 2.24) is 9.47 Å². The summed E-state index contributed by atoms with van der Waals surface area (Å²) in [5.74, 6) is 0.349. The van der Waals surface area contributed by atoms with Crippen LogP contribution in [-0.4, -0.2) is 40.9 Å². The lowest BCUT2D eigenvalue weighted by Gasteiger charge is -2.29. The van der Waals surface area contributed by atoms with Gasteiger partial charge < -0.3 is 14.4 Å². The number of aromatic nitrogens is 1. The first kappa shape index (κ1) is 15.1. The van der Waals surface area contributed by atoms with E-state index in [1.54, 1.807) is 0 Å². The number of hydrogen-bond acceptors (Lipinski definition) is 4. The molecule has 0 spiro atoms. The topological polar surface area (TPSA) is 54.7 Å². The molecule has 2 heterocycles. The molecule has 1 aliphatic rings. The number of hydrogen-bond donors (Lipinski definition) is 1. The second-order valence-electron chi connectivity index (χ2n) is 5.84. The molecule has 0 saturated carbocycles. The molecule has 1 fully saturated rings. The van der Waals surface area contributed by atoms with Crippen molar-refractivity contribution in [2.45, 2.75) is 33.9 Å². The Hall–Kier alpha value is -1.33. The summed E-state index contributed by atoms with van der Waals surface area (Å²) in [5.41, 5.74) is 1.35. The number of nitrogens with zero attached hydrogens (tertiary/aromatic N) is 2. The fraction of sp³-hybridized carbons (Fsp3) is 0.667. The van der Waals surface area contributed by atoms with Crippen molar-refractivity contribution in [2.75, 3.05) is 26.3 Å². The average Bonchev–Trinajstić information content (AvgIpc) is 2.41. The molecule has 0 atom stereocenters. The van der Waals surface area contributed by atoms with Gasteiger partial charge in [-0.05, 0) is 12.8 Å². The summed E-state index contributed by atoms with van der Waals surface area (Å²) in [6, 6.07) is 1.51. The highest BCUT2D eigenvalue weighted by atomic mass is 16.5. The van der Waals surface area contributed by atoms with Gasteiger partial charge in [0.05, 0.1) is 18.9 Å². The lowest BCUT2D eigenvalue weighted by Crippen LogP contribution is -2.37. The summed E-state index contributed by atoms with van der Waals surface area (Å²) in [6.07, 6.45) is 0. The van der Waals surface area contributed by atoms with Crippen molar-refractivity contribution in [3.8, 4) is 5.75 Å². The zero-order chi connectivity index (χ0) is 14.7. The highest BCUT2D eigenvalue weighted by Crippen LogP contribution is 2.19. The normalized spacial score (nSPS) is 16.8. The van der Waals surface area contributed by atoms with Crippen molar-refractivity contribution in [3.63, 3.8) is 0 Å². The zero-order valence-corrected chi connectivity index (χ0v) is 12.6. The maximum atomic E-state index is 11.8. The van der Waals surface area contributed by atoms with Crippen LogP contribution < -0.4 is 5.43 Å². The van der Waals surface area contributed by atoms with Gasteiger partial charge in [0.2, 0.25) is 5.43 Å². The van der Waals surface area contributed by atoms with E-state index < -0.39 is 0 Å². The largest absolute Gasteiger partial charge is 0.503 e. The Balaban J connectivity index is 2.34. The predicted molar refractivity (Wildman–Crippen MR) is 78.0 cm³/mol. The standard InChI is InChI=1S/C15H24N2O3/c1-11(2)9-17-12(3)8-14(18)15(19)13(17)10-16-4-6-20-7-5-16/h8,11,19H,4-7,9-10H2,1-3H3. The molecule has 0 aromatic carbocycles. The van der Waals surface area contributed by atoms with Crippen molar-refractivity contribution < 1.29 is 9.84 Å². The Bertz CT molecular complexity index is 517. The summed E-state index contributed by atoms with van der Waals surface area (Å²) < 4.78 is 7.40. The molecule has 2 rings (SSSR count). The maximum Gasteiger partial charge on any atom is 0.223 e. The highest BCUT2D eigenvalue weighted by molar-refractivity contribution is 5.29. The number of pyridine rings is 1. The molecule has 1 aromatic rings. The van der Waals surface area contributed by atoms with E-state index in [9.17, 15) is 9.90 Å². The molecule has 5 nitrogen and oxygen atoms in total. The molecule has 0 bridgehead atoms. The SMILES string of the molecule is Cc1cc(=O)c(O)c(CN2CCOCC2)n1CC(C)C. The van der Waals surface area contributed by atoms with Crippen LogP contribution in [0, 0.1) is 12.8 Å². The quantitative estimate of drug-likeness (QED) is 0.904. The van der Waals surface area contributed by atoms with Gasteiger partial charge in [-0.2, -0.15) is 0 Å².